The van der Waals surface area contributed by atoms with Gasteiger partial charge in [-0.1, -0.05) is 30.3 Å². The first-order valence-corrected chi connectivity index (χ1v) is 5.85. The first kappa shape index (κ1) is 13.3. The molecule has 1 aromatic rings. The van der Waals surface area contributed by atoms with Gasteiger partial charge >= 0.3 is 5.97 Å². The van der Waals surface area contributed by atoms with Crippen LogP contribution in [-0.4, -0.2) is 19.1 Å². The third kappa shape index (κ3) is 5.76. The molecule has 0 aliphatic carbocycles. The number of esters is 1. The average Bonchev–Trinajstić information content (AvgIpc) is 2.30. The third-order valence-electron chi connectivity index (χ3n) is 2.28. The number of hydrogen-bond donors (Lipinski definition) is 1. The Bertz CT molecular complexity index is 371. The Balaban J connectivity index is 2.29. The number of hydrogen-bond acceptors (Lipinski definition) is 3. The van der Waals surface area contributed by atoms with Gasteiger partial charge in [-0.05, 0) is 25.8 Å². The zero-order valence-corrected chi connectivity index (χ0v) is 10.4. The summed E-state index contributed by atoms with van der Waals surface area (Å²) in [6.07, 6.45) is 2.42. The summed E-state index contributed by atoms with van der Waals surface area (Å²) in [6.45, 7) is 4.88. The quantitative estimate of drug-likeness (QED) is 0.605. The van der Waals surface area contributed by atoms with E-state index < -0.39 is 0 Å². The summed E-state index contributed by atoms with van der Waals surface area (Å²) in [5.74, 6) is -0.294. The maximum Gasteiger partial charge on any atom is 0.332 e. The molecule has 0 spiro atoms. The van der Waals surface area contributed by atoms with Crippen LogP contribution in [0.2, 0.25) is 0 Å². The third-order valence-corrected chi connectivity index (χ3v) is 2.28. The van der Waals surface area contributed by atoms with Gasteiger partial charge in [0.25, 0.3) is 0 Å². The fraction of sp³-hybridized carbons (Fsp3) is 0.357. The summed E-state index contributed by atoms with van der Waals surface area (Å²) in [4.78, 5) is 11.1. The van der Waals surface area contributed by atoms with Gasteiger partial charge in [0.15, 0.2) is 0 Å². The molecule has 1 rings (SSSR count). The Morgan fingerprint density at radius 2 is 2.06 bits per heavy atom. The fourth-order valence-electron chi connectivity index (χ4n) is 1.46. The second kappa shape index (κ2) is 7.49. The highest BCUT2D eigenvalue weighted by Gasteiger charge is 1.97. The summed E-state index contributed by atoms with van der Waals surface area (Å²) in [6, 6.07) is 10.2. The van der Waals surface area contributed by atoms with Crippen LogP contribution in [-0.2, 0) is 16.0 Å². The number of ether oxygens (including phenoxy) is 1. The monoisotopic (exact) mass is 233 g/mol. The van der Waals surface area contributed by atoms with E-state index in [1.807, 2.05) is 25.1 Å². The SMILES string of the molecule is CCOC(=O)/C=C(/C)NCCc1ccccc1. The topological polar surface area (TPSA) is 38.3 Å². The highest BCUT2D eigenvalue weighted by Crippen LogP contribution is 1.99. The second-order valence-corrected chi connectivity index (χ2v) is 3.74. The lowest BCUT2D eigenvalue weighted by atomic mass is 10.1. The predicted molar refractivity (Wildman–Crippen MR) is 68.5 cm³/mol. The van der Waals surface area contributed by atoms with Crippen LogP contribution >= 0.6 is 0 Å². The van der Waals surface area contributed by atoms with Crippen LogP contribution in [0.3, 0.4) is 0 Å². The molecule has 0 unspecified atom stereocenters. The van der Waals surface area contributed by atoms with E-state index in [9.17, 15) is 4.79 Å². The summed E-state index contributed by atoms with van der Waals surface area (Å²) >= 11 is 0. The van der Waals surface area contributed by atoms with Crippen LogP contribution < -0.4 is 5.32 Å². The van der Waals surface area contributed by atoms with Crippen molar-refractivity contribution in [2.75, 3.05) is 13.2 Å². The molecule has 0 bridgehead atoms. The van der Waals surface area contributed by atoms with Gasteiger partial charge in [-0.2, -0.15) is 0 Å². The summed E-state index contributed by atoms with van der Waals surface area (Å²) in [5, 5.41) is 3.18. The molecule has 0 aliphatic rings. The van der Waals surface area contributed by atoms with Crippen molar-refractivity contribution < 1.29 is 9.53 Å². The standard InChI is InChI=1S/C14H19NO2/c1-3-17-14(16)11-12(2)15-10-9-13-7-5-4-6-8-13/h4-8,11,15H,3,9-10H2,1-2H3/b12-11-. The molecule has 0 heterocycles. The van der Waals surface area contributed by atoms with E-state index >= 15 is 0 Å². The maximum atomic E-state index is 11.1. The van der Waals surface area contributed by atoms with Gasteiger partial charge in [0.05, 0.1) is 6.61 Å². The van der Waals surface area contributed by atoms with E-state index in [1.54, 1.807) is 6.92 Å². The molecule has 17 heavy (non-hydrogen) atoms. The number of nitrogens with one attached hydrogen (secondary N) is 1. The van der Waals surface area contributed by atoms with E-state index in [0.29, 0.717) is 6.61 Å². The Morgan fingerprint density at radius 3 is 2.71 bits per heavy atom. The first-order chi connectivity index (χ1) is 8.22. The number of carbonyl (C=O) groups excluding carboxylic acids is 1. The van der Waals surface area contributed by atoms with Crippen molar-refractivity contribution in [3.05, 3.63) is 47.7 Å². The molecule has 1 aromatic carbocycles. The molecular weight excluding hydrogens is 214 g/mol. The van der Waals surface area contributed by atoms with E-state index in [2.05, 4.69) is 17.4 Å². The molecule has 0 fully saturated rings. The van der Waals surface area contributed by atoms with Crippen molar-refractivity contribution in [3.63, 3.8) is 0 Å². The molecule has 1 N–H and O–H groups in total. The lowest BCUT2D eigenvalue weighted by Gasteiger charge is -2.06. The highest BCUT2D eigenvalue weighted by atomic mass is 16.5. The van der Waals surface area contributed by atoms with Gasteiger partial charge in [-0.15, -0.1) is 0 Å². The molecule has 0 saturated heterocycles. The van der Waals surface area contributed by atoms with Crippen molar-refractivity contribution in [1.29, 1.82) is 0 Å². The van der Waals surface area contributed by atoms with Gasteiger partial charge in [0, 0.05) is 18.3 Å². The zero-order chi connectivity index (χ0) is 12.5. The number of rotatable bonds is 6. The maximum absolute atomic E-state index is 11.1. The number of allylic oxidation sites excluding steroid dienone is 1. The Morgan fingerprint density at radius 1 is 1.35 bits per heavy atom. The number of carbonyl (C=O) groups is 1. The van der Waals surface area contributed by atoms with Gasteiger partial charge in [-0.3, -0.25) is 0 Å². The summed E-state index contributed by atoms with van der Waals surface area (Å²) in [7, 11) is 0. The largest absolute Gasteiger partial charge is 0.463 e. The molecule has 3 nitrogen and oxygen atoms in total. The smallest absolute Gasteiger partial charge is 0.332 e. The lowest BCUT2D eigenvalue weighted by molar-refractivity contribution is -0.137. The van der Waals surface area contributed by atoms with E-state index in [-0.39, 0.29) is 5.97 Å². The zero-order valence-electron chi connectivity index (χ0n) is 10.4. The predicted octanol–water partition coefficient (Wildman–Crippen LogP) is 2.29. The molecule has 92 valence electrons. The Hall–Kier alpha value is -1.77. The van der Waals surface area contributed by atoms with Crippen molar-refractivity contribution in [2.24, 2.45) is 0 Å². The second-order valence-electron chi connectivity index (χ2n) is 3.74. The van der Waals surface area contributed by atoms with Crippen molar-refractivity contribution in [3.8, 4) is 0 Å². The van der Waals surface area contributed by atoms with Crippen LogP contribution in [0.25, 0.3) is 0 Å². The van der Waals surface area contributed by atoms with Crippen LogP contribution in [0.5, 0.6) is 0 Å². The van der Waals surface area contributed by atoms with E-state index in [0.717, 1.165) is 18.7 Å². The average molecular weight is 233 g/mol. The molecule has 3 heteroatoms. The van der Waals surface area contributed by atoms with Crippen molar-refractivity contribution in [1.82, 2.24) is 5.32 Å². The molecule has 0 aromatic heterocycles. The molecule has 0 amide bonds. The van der Waals surface area contributed by atoms with E-state index in [4.69, 9.17) is 4.74 Å². The van der Waals surface area contributed by atoms with E-state index in [1.165, 1.54) is 11.6 Å². The minimum absolute atomic E-state index is 0.294. The first-order valence-electron chi connectivity index (χ1n) is 5.85. The molecular formula is C14H19NO2. The highest BCUT2D eigenvalue weighted by molar-refractivity contribution is 5.82. The Kier molecular flexibility index (Phi) is 5.86. The van der Waals surface area contributed by atoms with Crippen LogP contribution in [0.15, 0.2) is 42.1 Å². The Labute approximate surface area is 102 Å². The van der Waals surface area contributed by atoms with Gasteiger partial charge in [0.1, 0.15) is 0 Å². The van der Waals surface area contributed by atoms with Crippen molar-refractivity contribution >= 4 is 5.97 Å². The normalized spacial score (nSPS) is 11.1. The van der Waals surface area contributed by atoms with Gasteiger partial charge in [-0.25, -0.2) is 4.79 Å². The number of benzene rings is 1. The minimum Gasteiger partial charge on any atom is -0.463 e. The van der Waals surface area contributed by atoms with Crippen LogP contribution in [0.4, 0.5) is 0 Å². The fourth-order valence-corrected chi connectivity index (χ4v) is 1.46. The molecule has 0 radical (unpaired) electrons. The molecule has 0 aliphatic heterocycles. The van der Waals surface area contributed by atoms with Crippen molar-refractivity contribution in [2.45, 2.75) is 20.3 Å². The van der Waals surface area contributed by atoms with Crippen LogP contribution in [0.1, 0.15) is 19.4 Å². The van der Waals surface area contributed by atoms with Gasteiger partial charge in [0.2, 0.25) is 0 Å². The van der Waals surface area contributed by atoms with Crippen LogP contribution in [0, 0.1) is 0 Å². The summed E-state index contributed by atoms with van der Waals surface area (Å²) < 4.78 is 4.82. The molecule has 0 saturated carbocycles. The summed E-state index contributed by atoms with van der Waals surface area (Å²) in [5.41, 5.74) is 2.11. The van der Waals surface area contributed by atoms with Gasteiger partial charge < -0.3 is 10.1 Å². The minimum atomic E-state index is -0.294. The lowest BCUT2D eigenvalue weighted by Crippen LogP contribution is -2.16. The molecule has 0 atom stereocenters.